The average molecular weight is 224 g/mol. The molecule has 84 valence electrons. The van der Waals surface area contributed by atoms with Crippen LogP contribution in [-0.2, 0) is 0 Å². The SMILES string of the molecule is N#Cc1ccc(OCC(=CF)CN)c(F)c1. The van der Waals surface area contributed by atoms with Crippen molar-refractivity contribution in [3.63, 3.8) is 0 Å². The molecule has 0 aliphatic rings. The van der Waals surface area contributed by atoms with Gasteiger partial charge in [0.25, 0.3) is 0 Å². The molecule has 1 rings (SSSR count). The highest BCUT2D eigenvalue weighted by molar-refractivity contribution is 5.36. The number of nitrogens with zero attached hydrogens (tertiary/aromatic N) is 1. The number of ether oxygens (including phenoxy) is 1. The van der Waals surface area contributed by atoms with Gasteiger partial charge in [0.05, 0.1) is 18.0 Å². The van der Waals surface area contributed by atoms with Gasteiger partial charge in [-0.1, -0.05) is 0 Å². The highest BCUT2D eigenvalue weighted by Crippen LogP contribution is 2.18. The third-order valence-corrected chi connectivity index (χ3v) is 1.89. The smallest absolute Gasteiger partial charge is 0.166 e. The molecule has 0 aromatic heterocycles. The molecule has 0 heterocycles. The molecular formula is C11H10F2N2O. The second-order valence-electron chi connectivity index (χ2n) is 3.02. The molecule has 0 fully saturated rings. The van der Waals surface area contributed by atoms with Gasteiger partial charge in [-0.2, -0.15) is 5.26 Å². The zero-order valence-corrected chi connectivity index (χ0v) is 8.41. The van der Waals surface area contributed by atoms with Crippen LogP contribution >= 0.6 is 0 Å². The van der Waals surface area contributed by atoms with Crippen molar-refractivity contribution in [2.24, 2.45) is 5.73 Å². The number of nitriles is 1. The van der Waals surface area contributed by atoms with Gasteiger partial charge in [0.1, 0.15) is 6.61 Å². The van der Waals surface area contributed by atoms with Crippen molar-refractivity contribution in [1.29, 1.82) is 5.26 Å². The molecule has 0 atom stereocenters. The van der Waals surface area contributed by atoms with E-state index in [0.717, 1.165) is 6.07 Å². The van der Waals surface area contributed by atoms with Gasteiger partial charge >= 0.3 is 0 Å². The molecule has 1 aromatic carbocycles. The zero-order valence-electron chi connectivity index (χ0n) is 8.41. The standard InChI is InChI=1S/C11H10F2N2O/c12-4-9(6-15)7-16-11-2-1-8(5-14)3-10(11)13/h1-4H,6-7,15H2. The topological polar surface area (TPSA) is 59.0 Å². The number of hydrogen-bond acceptors (Lipinski definition) is 3. The molecule has 0 amide bonds. The van der Waals surface area contributed by atoms with Gasteiger partial charge in [-0.25, -0.2) is 8.78 Å². The van der Waals surface area contributed by atoms with Crippen molar-refractivity contribution in [2.75, 3.05) is 13.2 Å². The van der Waals surface area contributed by atoms with Crippen molar-refractivity contribution in [2.45, 2.75) is 0 Å². The Morgan fingerprint density at radius 1 is 1.56 bits per heavy atom. The van der Waals surface area contributed by atoms with Crippen molar-refractivity contribution in [3.8, 4) is 11.8 Å². The molecule has 2 N–H and O–H groups in total. The fourth-order valence-electron chi connectivity index (χ4n) is 0.993. The maximum atomic E-state index is 13.3. The highest BCUT2D eigenvalue weighted by atomic mass is 19.1. The minimum Gasteiger partial charge on any atom is -0.486 e. The first-order chi connectivity index (χ1) is 7.71. The number of hydrogen-bond donors (Lipinski definition) is 1. The second-order valence-corrected chi connectivity index (χ2v) is 3.02. The monoisotopic (exact) mass is 224 g/mol. The van der Waals surface area contributed by atoms with Crippen LogP contribution in [0.1, 0.15) is 5.56 Å². The van der Waals surface area contributed by atoms with Crippen LogP contribution in [0.2, 0.25) is 0 Å². The summed E-state index contributed by atoms with van der Waals surface area (Å²) in [6.07, 6.45) is 0.335. The molecule has 0 saturated carbocycles. The van der Waals surface area contributed by atoms with Crippen LogP contribution in [-0.4, -0.2) is 13.2 Å². The first kappa shape index (κ1) is 12.1. The normalized spacial score (nSPS) is 11.0. The molecule has 5 heteroatoms. The molecule has 0 unspecified atom stereocenters. The summed E-state index contributed by atoms with van der Waals surface area (Å²) >= 11 is 0. The Balaban J connectivity index is 2.72. The van der Waals surface area contributed by atoms with Crippen LogP contribution in [0.15, 0.2) is 30.1 Å². The van der Waals surface area contributed by atoms with E-state index in [1.807, 2.05) is 0 Å². The minimum absolute atomic E-state index is 0.00833. The van der Waals surface area contributed by atoms with E-state index >= 15 is 0 Å². The summed E-state index contributed by atoms with van der Waals surface area (Å²) in [7, 11) is 0. The third kappa shape index (κ3) is 3.04. The van der Waals surface area contributed by atoms with Gasteiger partial charge in [0, 0.05) is 12.1 Å². The summed E-state index contributed by atoms with van der Waals surface area (Å²) in [5.74, 6) is -0.693. The summed E-state index contributed by atoms with van der Waals surface area (Å²) in [6, 6.07) is 5.58. The number of benzene rings is 1. The third-order valence-electron chi connectivity index (χ3n) is 1.89. The van der Waals surface area contributed by atoms with Crippen LogP contribution in [0.3, 0.4) is 0 Å². The quantitative estimate of drug-likeness (QED) is 0.849. The molecule has 0 bridgehead atoms. The first-order valence-electron chi connectivity index (χ1n) is 4.52. The molecule has 16 heavy (non-hydrogen) atoms. The van der Waals surface area contributed by atoms with Crippen LogP contribution in [0.5, 0.6) is 5.75 Å². The number of rotatable bonds is 4. The molecule has 0 spiro atoms. The van der Waals surface area contributed by atoms with Crippen molar-refractivity contribution < 1.29 is 13.5 Å². The van der Waals surface area contributed by atoms with E-state index in [4.69, 9.17) is 15.7 Å². The van der Waals surface area contributed by atoms with E-state index in [1.165, 1.54) is 12.1 Å². The Labute approximate surface area is 91.7 Å². The van der Waals surface area contributed by atoms with Gasteiger partial charge in [-0.05, 0) is 18.2 Å². The predicted molar refractivity (Wildman–Crippen MR) is 54.9 cm³/mol. The molecular weight excluding hydrogens is 214 g/mol. The van der Waals surface area contributed by atoms with Gasteiger partial charge in [-0.15, -0.1) is 0 Å². The largest absolute Gasteiger partial charge is 0.486 e. The minimum atomic E-state index is -0.658. The molecule has 0 radical (unpaired) electrons. The summed E-state index contributed by atoms with van der Waals surface area (Å²) < 4.78 is 30.4. The lowest BCUT2D eigenvalue weighted by Crippen LogP contribution is -2.11. The Morgan fingerprint density at radius 3 is 2.81 bits per heavy atom. The number of halogens is 2. The second kappa shape index (κ2) is 5.83. The van der Waals surface area contributed by atoms with Gasteiger partial charge in [0.2, 0.25) is 0 Å². The fourth-order valence-corrected chi connectivity index (χ4v) is 0.993. The van der Waals surface area contributed by atoms with Crippen LogP contribution in [0.4, 0.5) is 8.78 Å². The maximum Gasteiger partial charge on any atom is 0.166 e. The van der Waals surface area contributed by atoms with Crippen LogP contribution < -0.4 is 10.5 Å². The van der Waals surface area contributed by atoms with E-state index in [1.54, 1.807) is 6.07 Å². The van der Waals surface area contributed by atoms with E-state index in [0.29, 0.717) is 6.33 Å². The van der Waals surface area contributed by atoms with Crippen molar-refractivity contribution in [3.05, 3.63) is 41.5 Å². The summed E-state index contributed by atoms with van der Waals surface area (Å²) in [5, 5.41) is 8.51. The number of nitrogens with two attached hydrogens (primary N) is 1. The highest BCUT2D eigenvalue weighted by Gasteiger charge is 2.05. The lowest BCUT2D eigenvalue weighted by atomic mass is 10.2. The lowest BCUT2D eigenvalue weighted by molar-refractivity contribution is 0.328. The van der Waals surface area contributed by atoms with E-state index in [2.05, 4.69) is 0 Å². The molecule has 3 nitrogen and oxygen atoms in total. The lowest BCUT2D eigenvalue weighted by Gasteiger charge is -2.07. The fraction of sp³-hybridized carbons (Fsp3) is 0.182. The van der Waals surface area contributed by atoms with Gasteiger partial charge < -0.3 is 10.5 Å². The average Bonchev–Trinajstić information content (AvgIpc) is 2.32. The van der Waals surface area contributed by atoms with Crippen LogP contribution in [0.25, 0.3) is 0 Å². The Morgan fingerprint density at radius 2 is 2.31 bits per heavy atom. The Kier molecular flexibility index (Phi) is 4.42. The van der Waals surface area contributed by atoms with Gasteiger partial charge in [-0.3, -0.25) is 0 Å². The van der Waals surface area contributed by atoms with Crippen molar-refractivity contribution >= 4 is 0 Å². The summed E-state index contributed by atoms with van der Waals surface area (Å²) in [5.41, 5.74) is 5.63. The Hall–Kier alpha value is -1.93. The summed E-state index contributed by atoms with van der Waals surface area (Å²) in [4.78, 5) is 0. The van der Waals surface area contributed by atoms with E-state index < -0.39 is 5.82 Å². The molecule has 0 aliphatic carbocycles. The van der Waals surface area contributed by atoms with E-state index in [9.17, 15) is 8.78 Å². The maximum absolute atomic E-state index is 13.3. The van der Waals surface area contributed by atoms with Crippen LogP contribution in [0, 0.1) is 17.1 Å². The molecule has 0 saturated heterocycles. The summed E-state index contributed by atoms with van der Waals surface area (Å²) in [6.45, 7) is -0.107. The molecule has 1 aromatic rings. The zero-order chi connectivity index (χ0) is 12.0. The predicted octanol–water partition coefficient (Wildman–Crippen LogP) is 1.89. The van der Waals surface area contributed by atoms with Gasteiger partial charge in [0.15, 0.2) is 11.6 Å². The molecule has 0 aliphatic heterocycles. The van der Waals surface area contributed by atoms with E-state index in [-0.39, 0.29) is 30.0 Å². The first-order valence-corrected chi connectivity index (χ1v) is 4.52. The van der Waals surface area contributed by atoms with Crippen molar-refractivity contribution in [1.82, 2.24) is 0 Å². The Bertz CT molecular complexity index is 438.